The van der Waals surface area contributed by atoms with Gasteiger partial charge in [-0.2, -0.15) is 5.26 Å². The van der Waals surface area contributed by atoms with E-state index in [0.717, 1.165) is 17.5 Å². The van der Waals surface area contributed by atoms with Crippen LogP contribution < -0.4 is 10.5 Å². The van der Waals surface area contributed by atoms with E-state index in [9.17, 15) is 12.8 Å². The quantitative estimate of drug-likeness (QED) is 0.839. The van der Waals surface area contributed by atoms with E-state index in [1.54, 1.807) is 18.2 Å². The minimum Gasteiger partial charge on any atom is -0.306 e. The van der Waals surface area contributed by atoms with E-state index in [0.29, 0.717) is 6.54 Å². The smallest absolute Gasteiger partial charge is 0.238 e. The van der Waals surface area contributed by atoms with Gasteiger partial charge >= 0.3 is 0 Å². The average molecular weight is 347 g/mol. The first kappa shape index (κ1) is 18.1. The molecule has 0 aliphatic heterocycles. The molecule has 0 radical (unpaired) electrons. The van der Waals surface area contributed by atoms with Crippen LogP contribution in [0.2, 0.25) is 0 Å². The number of halogens is 1. The van der Waals surface area contributed by atoms with Crippen LogP contribution >= 0.6 is 0 Å². The Morgan fingerprint density at radius 1 is 1.29 bits per heavy atom. The zero-order valence-electron chi connectivity index (χ0n) is 13.2. The van der Waals surface area contributed by atoms with Crippen molar-refractivity contribution in [2.45, 2.75) is 30.8 Å². The van der Waals surface area contributed by atoms with E-state index in [1.165, 1.54) is 18.2 Å². The molecule has 7 heteroatoms. The number of benzene rings is 2. The topological polar surface area (TPSA) is 96.0 Å². The molecule has 0 aromatic heterocycles. The first-order valence-electron chi connectivity index (χ1n) is 7.39. The third kappa shape index (κ3) is 4.38. The predicted molar refractivity (Wildman–Crippen MR) is 88.8 cm³/mol. The maximum atomic E-state index is 13.3. The first-order chi connectivity index (χ1) is 11.3. The van der Waals surface area contributed by atoms with E-state index >= 15 is 0 Å². The molecule has 126 valence electrons. The summed E-state index contributed by atoms with van der Waals surface area (Å²) in [6.45, 7) is 2.39. The lowest BCUT2D eigenvalue weighted by Gasteiger charge is -2.18. The maximum absolute atomic E-state index is 13.3. The van der Waals surface area contributed by atoms with E-state index in [1.807, 2.05) is 19.1 Å². The van der Waals surface area contributed by atoms with Gasteiger partial charge in [0.15, 0.2) is 0 Å². The molecule has 0 saturated carbocycles. The van der Waals surface area contributed by atoms with E-state index in [2.05, 4.69) is 5.32 Å². The highest BCUT2D eigenvalue weighted by molar-refractivity contribution is 7.89. The summed E-state index contributed by atoms with van der Waals surface area (Å²) in [4.78, 5) is 0.0637. The Morgan fingerprint density at radius 2 is 2.04 bits per heavy atom. The van der Waals surface area contributed by atoms with Crippen molar-refractivity contribution in [3.63, 3.8) is 0 Å². The van der Waals surface area contributed by atoms with Gasteiger partial charge in [-0.15, -0.1) is 0 Å². The highest BCUT2D eigenvalue weighted by atomic mass is 32.2. The van der Waals surface area contributed by atoms with Crippen molar-refractivity contribution in [3.8, 4) is 6.07 Å². The van der Waals surface area contributed by atoms with Gasteiger partial charge in [0.1, 0.15) is 11.9 Å². The highest BCUT2D eigenvalue weighted by Crippen LogP contribution is 2.20. The van der Waals surface area contributed by atoms with Gasteiger partial charge in [-0.25, -0.2) is 17.9 Å². The number of sulfonamides is 1. The van der Waals surface area contributed by atoms with Gasteiger partial charge in [0.2, 0.25) is 10.0 Å². The van der Waals surface area contributed by atoms with Crippen LogP contribution in [0.1, 0.15) is 36.1 Å². The van der Waals surface area contributed by atoms with Gasteiger partial charge in [0, 0.05) is 12.6 Å². The van der Waals surface area contributed by atoms with Crippen LogP contribution in [0.4, 0.5) is 4.39 Å². The monoisotopic (exact) mass is 347 g/mol. The molecule has 0 aliphatic carbocycles. The summed E-state index contributed by atoms with van der Waals surface area (Å²) in [5, 5.41) is 17.3. The molecule has 2 aromatic carbocycles. The number of hydrogen-bond acceptors (Lipinski definition) is 4. The second-order valence-electron chi connectivity index (χ2n) is 5.39. The standard InChI is InChI=1S/C17H18FN3O2S/c1-2-17(13-4-3-5-15(9-13)24(20,22)23)21-11-12-6-7-16(18)14(8-12)10-19/h3-9,17,21H,2,11H2,1H3,(H2,20,22,23). The third-order valence-electron chi connectivity index (χ3n) is 3.70. The molecular formula is C17H18FN3O2S. The van der Waals surface area contributed by atoms with E-state index < -0.39 is 15.8 Å². The Hall–Kier alpha value is -2.27. The Kier molecular flexibility index (Phi) is 5.67. The molecule has 2 rings (SSSR count). The van der Waals surface area contributed by atoms with Crippen molar-refractivity contribution in [2.24, 2.45) is 5.14 Å². The number of nitriles is 1. The fourth-order valence-corrected chi connectivity index (χ4v) is 2.98. The number of primary sulfonamides is 1. The minimum absolute atomic E-state index is 0.00132. The second-order valence-corrected chi connectivity index (χ2v) is 6.95. The summed E-state index contributed by atoms with van der Waals surface area (Å²) in [6.07, 6.45) is 0.723. The highest BCUT2D eigenvalue weighted by Gasteiger charge is 2.13. The molecule has 0 fully saturated rings. The van der Waals surface area contributed by atoms with Crippen molar-refractivity contribution in [2.75, 3.05) is 0 Å². The molecule has 0 spiro atoms. The fraction of sp³-hybridized carbons (Fsp3) is 0.235. The normalized spacial score (nSPS) is 12.6. The molecule has 0 bridgehead atoms. The predicted octanol–water partition coefficient (Wildman–Crippen LogP) is 2.59. The summed E-state index contributed by atoms with van der Waals surface area (Å²) >= 11 is 0. The van der Waals surface area contributed by atoms with Crippen LogP contribution in [0.15, 0.2) is 47.4 Å². The number of nitrogens with one attached hydrogen (secondary N) is 1. The van der Waals surface area contributed by atoms with Crippen LogP contribution in [-0.4, -0.2) is 8.42 Å². The van der Waals surface area contributed by atoms with Gasteiger partial charge in [0.05, 0.1) is 10.5 Å². The van der Waals surface area contributed by atoms with Gasteiger partial charge in [0.25, 0.3) is 0 Å². The SMILES string of the molecule is CCC(NCc1ccc(F)c(C#N)c1)c1cccc(S(N)(=O)=O)c1. The lowest BCUT2D eigenvalue weighted by Crippen LogP contribution is -2.21. The van der Waals surface area contributed by atoms with Crippen LogP contribution in [0, 0.1) is 17.1 Å². The molecule has 0 aliphatic rings. The largest absolute Gasteiger partial charge is 0.306 e. The Morgan fingerprint density at radius 3 is 2.67 bits per heavy atom. The van der Waals surface area contributed by atoms with Crippen LogP contribution in [-0.2, 0) is 16.6 Å². The molecule has 1 atom stereocenters. The molecule has 5 nitrogen and oxygen atoms in total. The van der Waals surface area contributed by atoms with Crippen molar-refractivity contribution < 1.29 is 12.8 Å². The third-order valence-corrected chi connectivity index (χ3v) is 4.61. The zero-order valence-corrected chi connectivity index (χ0v) is 14.0. The summed E-state index contributed by atoms with van der Waals surface area (Å²) in [7, 11) is -3.75. The van der Waals surface area contributed by atoms with E-state index in [-0.39, 0.29) is 16.5 Å². The molecule has 1 unspecified atom stereocenters. The van der Waals surface area contributed by atoms with Gasteiger partial charge in [-0.3, -0.25) is 0 Å². The van der Waals surface area contributed by atoms with Crippen molar-refractivity contribution in [1.29, 1.82) is 5.26 Å². The molecule has 0 heterocycles. The van der Waals surface area contributed by atoms with Crippen molar-refractivity contribution >= 4 is 10.0 Å². The summed E-state index contributed by atoms with van der Waals surface area (Å²) in [5.41, 5.74) is 1.57. The number of rotatable bonds is 6. The molecule has 24 heavy (non-hydrogen) atoms. The second kappa shape index (κ2) is 7.53. The molecular weight excluding hydrogens is 329 g/mol. The maximum Gasteiger partial charge on any atom is 0.238 e. The summed E-state index contributed by atoms with van der Waals surface area (Å²) in [5.74, 6) is -0.547. The lowest BCUT2D eigenvalue weighted by molar-refractivity contribution is 0.517. The van der Waals surface area contributed by atoms with Crippen LogP contribution in [0.3, 0.4) is 0 Å². The lowest BCUT2D eigenvalue weighted by atomic mass is 10.0. The van der Waals surface area contributed by atoms with Crippen molar-refractivity contribution in [1.82, 2.24) is 5.32 Å². The van der Waals surface area contributed by atoms with Crippen molar-refractivity contribution in [3.05, 3.63) is 65.0 Å². The zero-order chi connectivity index (χ0) is 17.7. The fourth-order valence-electron chi connectivity index (χ4n) is 2.42. The van der Waals surface area contributed by atoms with Gasteiger partial charge in [-0.05, 0) is 41.8 Å². The average Bonchev–Trinajstić information content (AvgIpc) is 2.56. The molecule has 2 aromatic rings. The summed E-state index contributed by atoms with van der Waals surface area (Å²) < 4.78 is 36.3. The van der Waals surface area contributed by atoms with Crippen LogP contribution in [0.5, 0.6) is 0 Å². The first-order valence-corrected chi connectivity index (χ1v) is 8.94. The number of hydrogen-bond donors (Lipinski definition) is 2. The van der Waals surface area contributed by atoms with E-state index in [4.69, 9.17) is 10.4 Å². The summed E-state index contributed by atoms with van der Waals surface area (Å²) in [6, 6.07) is 12.5. The number of nitrogens with zero attached hydrogens (tertiary/aromatic N) is 1. The molecule has 3 N–H and O–H groups in total. The van der Waals surface area contributed by atoms with Crippen LogP contribution in [0.25, 0.3) is 0 Å². The number of nitrogens with two attached hydrogens (primary N) is 1. The van der Waals surface area contributed by atoms with Gasteiger partial charge < -0.3 is 5.32 Å². The Labute approximate surface area is 141 Å². The Balaban J connectivity index is 2.17. The molecule has 0 amide bonds. The Bertz CT molecular complexity index is 876. The minimum atomic E-state index is -3.75. The molecule has 0 saturated heterocycles. The van der Waals surface area contributed by atoms with Gasteiger partial charge in [-0.1, -0.05) is 25.1 Å².